The van der Waals surface area contributed by atoms with Gasteiger partial charge in [-0.25, -0.2) is 9.59 Å². The monoisotopic (exact) mass is 534 g/mol. The van der Waals surface area contributed by atoms with Gasteiger partial charge in [-0.2, -0.15) is 0 Å². The Morgan fingerprint density at radius 2 is 1.85 bits per heavy atom. The third kappa shape index (κ3) is 6.25. The average molecular weight is 535 g/mol. The van der Waals surface area contributed by atoms with Crippen molar-refractivity contribution in [2.75, 3.05) is 20.8 Å². The fraction of sp³-hybridized carbons (Fsp3) is 0.367. The van der Waals surface area contributed by atoms with Crippen molar-refractivity contribution in [1.82, 2.24) is 9.88 Å². The number of methoxy groups -OCH3 is 2. The topological polar surface area (TPSA) is 107 Å². The first-order valence-corrected chi connectivity index (χ1v) is 13.0. The van der Waals surface area contributed by atoms with Gasteiger partial charge >= 0.3 is 12.1 Å². The number of carbonyl (C=O) groups is 3. The molecule has 3 atom stereocenters. The molecule has 1 aliphatic rings. The first-order valence-electron chi connectivity index (χ1n) is 13.0. The fourth-order valence-electron chi connectivity index (χ4n) is 5.29. The van der Waals surface area contributed by atoms with Gasteiger partial charge in [0.25, 0.3) is 0 Å². The molecule has 1 aliphatic heterocycles. The molecule has 1 amide bonds. The number of H-pyrrole nitrogens is 1. The van der Waals surface area contributed by atoms with E-state index in [2.05, 4.69) is 11.1 Å². The smallest absolute Gasteiger partial charge is 0.504 e. The van der Waals surface area contributed by atoms with Crippen LogP contribution in [0.3, 0.4) is 0 Å². The predicted octanol–water partition coefficient (Wildman–Crippen LogP) is 5.07. The number of fused-ring (bicyclic) bond motifs is 3. The Morgan fingerprint density at radius 1 is 1.10 bits per heavy atom. The standard InChI is InChI=1S/C30H34N2O7/c1-4-27(39-30(35)38-17-20-10-6-5-7-11-20)23(24(18-36-2)29(34)37-3)16-26-28-22(14-15-32(26)19-33)21-12-8-9-13-25(21)31-28/h5-13,18-19,23,26-27,31H,4,14-17H2,1-3H3/b24-18+/t23-,26-,27-/m1/s1. The zero-order valence-electron chi connectivity index (χ0n) is 22.4. The molecule has 0 aliphatic carbocycles. The number of nitrogens with zero attached hydrogens (tertiary/aromatic N) is 1. The maximum Gasteiger partial charge on any atom is 0.508 e. The van der Waals surface area contributed by atoms with Crippen LogP contribution in [0.25, 0.3) is 10.9 Å². The van der Waals surface area contributed by atoms with Gasteiger partial charge in [0.05, 0.1) is 32.1 Å². The summed E-state index contributed by atoms with van der Waals surface area (Å²) < 4.78 is 21.5. The average Bonchev–Trinajstić information content (AvgIpc) is 3.36. The number of para-hydroxylation sites is 1. The van der Waals surface area contributed by atoms with E-state index in [0.717, 1.165) is 34.1 Å². The second-order valence-corrected chi connectivity index (χ2v) is 9.40. The Hall–Kier alpha value is -4.27. The minimum atomic E-state index is -0.848. The van der Waals surface area contributed by atoms with Crippen molar-refractivity contribution >= 4 is 29.4 Å². The van der Waals surface area contributed by atoms with E-state index >= 15 is 0 Å². The van der Waals surface area contributed by atoms with Gasteiger partial charge in [0.15, 0.2) is 0 Å². The summed E-state index contributed by atoms with van der Waals surface area (Å²) in [5.41, 5.74) is 4.05. The van der Waals surface area contributed by atoms with Gasteiger partial charge in [-0.15, -0.1) is 0 Å². The van der Waals surface area contributed by atoms with Gasteiger partial charge in [-0.3, -0.25) is 4.79 Å². The molecule has 0 radical (unpaired) electrons. The number of esters is 1. The van der Waals surface area contributed by atoms with E-state index < -0.39 is 30.2 Å². The summed E-state index contributed by atoms with van der Waals surface area (Å²) in [4.78, 5) is 43.0. The maximum absolute atomic E-state index is 12.9. The van der Waals surface area contributed by atoms with Gasteiger partial charge in [-0.1, -0.05) is 55.5 Å². The van der Waals surface area contributed by atoms with Crippen molar-refractivity contribution in [2.45, 2.75) is 44.9 Å². The van der Waals surface area contributed by atoms with Crippen LogP contribution in [0, 0.1) is 5.92 Å². The largest absolute Gasteiger partial charge is 0.508 e. The zero-order valence-corrected chi connectivity index (χ0v) is 22.4. The SMILES string of the molecule is CC[C@@H](OC(=O)OCc1ccccc1)[C@H](C[C@@H]1c2[nH]c3ccccc3c2CCN1C=O)/C(=C\OC)C(=O)OC. The number of hydrogen-bond donors (Lipinski definition) is 1. The fourth-order valence-corrected chi connectivity index (χ4v) is 5.29. The number of aromatic nitrogens is 1. The quantitative estimate of drug-likeness (QED) is 0.158. The summed E-state index contributed by atoms with van der Waals surface area (Å²) in [6.45, 7) is 2.43. The zero-order chi connectivity index (χ0) is 27.8. The van der Waals surface area contributed by atoms with Crippen molar-refractivity contribution in [2.24, 2.45) is 5.92 Å². The van der Waals surface area contributed by atoms with E-state index in [0.29, 0.717) is 19.4 Å². The molecule has 1 N–H and O–H groups in total. The summed E-state index contributed by atoms with van der Waals surface area (Å²) in [7, 11) is 2.72. The van der Waals surface area contributed by atoms with Crippen LogP contribution >= 0.6 is 0 Å². The molecule has 9 nitrogen and oxygen atoms in total. The third-order valence-electron chi connectivity index (χ3n) is 7.18. The highest BCUT2D eigenvalue weighted by Gasteiger charge is 2.39. The Balaban J connectivity index is 1.66. The van der Waals surface area contributed by atoms with Crippen molar-refractivity contribution < 1.29 is 33.3 Å². The predicted molar refractivity (Wildman–Crippen MR) is 145 cm³/mol. The lowest BCUT2D eigenvalue weighted by Crippen LogP contribution is -2.39. The van der Waals surface area contributed by atoms with Crippen LogP contribution in [-0.4, -0.2) is 55.3 Å². The molecule has 0 saturated carbocycles. The van der Waals surface area contributed by atoms with Crippen molar-refractivity contribution in [3.05, 3.63) is 83.3 Å². The van der Waals surface area contributed by atoms with Crippen molar-refractivity contribution in [1.29, 1.82) is 0 Å². The number of ether oxygens (including phenoxy) is 4. The second-order valence-electron chi connectivity index (χ2n) is 9.40. The first kappa shape index (κ1) is 27.8. The number of hydrogen-bond acceptors (Lipinski definition) is 7. The molecule has 0 saturated heterocycles. The number of nitrogens with one attached hydrogen (secondary N) is 1. The molecular weight excluding hydrogens is 500 g/mol. The van der Waals surface area contributed by atoms with Crippen LogP contribution in [0.4, 0.5) is 4.79 Å². The highest BCUT2D eigenvalue weighted by Crippen LogP contribution is 2.40. The summed E-state index contributed by atoms with van der Waals surface area (Å²) in [5.74, 6) is -1.26. The third-order valence-corrected chi connectivity index (χ3v) is 7.18. The highest BCUT2D eigenvalue weighted by molar-refractivity contribution is 5.89. The lowest BCUT2D eigenvalue weighted by molar-refractivity contribution is -0.137. The number of benzene rings is 2. The summed E-state index contributed by atoms with van der Waals surface area (Å²) in [5, 5.41) is 1.10. The molecule has 2 aromatic carbocycles. The maximum atomic E-state index is 12.9. The number of rotatable bonds is 11. The highest BCUT2D eigenvalue weighted by atomic mass is 16.7. The van der Waals surface area contributed by atoms with Crippen molar-refractivity contribution in [3.63, 3.8) is 0 Å². The molecule has 39 heavy (non-hydrogen) atoms. The minimum absolute atomic E-state index is 0.0541. The Morgan fingerprint density at radius 3 is 2.54 bits per heavy atom. The summed E-state index contributed by atoms with van der Waals surface area (Å²) in [6, 6.07) is 16.9. The number of amides is 1. The van der Waals surface area contributed by atoms with Crippen LogP contribution < -0.4 is 0 Å². The summed E-state index contributed by atoms with van der Waals surface area (Å²) in [6.07, 6.45) is 1.92. The summed E-state index contributed by atoms with van der Waals surface area (Å²) >= 11 is 0. The van der Waals surface area contributed by atoms with Crippen molar-refractivity contribution in [3.8, 4) is 0 Å². The van der Waals surface area contributed by atoms with Gasteiger partial charge in [0, 0.05) is 29.1 Å². The molecule has 9 heteroatoms. The van der Waals surface area contributed by atoms with E-state index in [4.69, 9.17) is 18.9 Å². The molecule has 206 valence electrons. The lowest BCUT2D eigenvalue weighted by Gasteiger charge is -2.37. The van der Waals surface area contributed by atoms with E-state index in [9.17, 15) is 14.4 Å². The van der Waals surface area contributed by atoms with Gasteiger partial charge < -0.3 is 28.8 Å². The van der Waals surface area contributed by atoms with E-state index in [1.165, 1.54) is 20.5 Å². The minimum Gasteiger partial charge on any atom is -0.504 e. The van der Waals surface area contributed by atoms with Gasteiger partial charge in [-0.05, 0) is 36.5 Å². The van der Waals surface area contributed by atoms with Crippen LogP contribution in [-0.2, 0) is 41.6 Å². The van der Waals surface area contributed by atoms with Gasteiger partial charge in [0.2, 0.25) is 6.41 Å². The Bertz CT molecular complexity index is 1320. The normalized spacial score (nSPS) is 16.6. The molecule has 0 unspecified atom stereocenters. The number of aromatic amines is 1. The molecular formula is C30H34N2O7. The molecule has 2 heterocycles. The van der Waals surface area contributed by atoms with E-state index in [-0.39, 0.29) is 18.6 Å². The Labute approximate surface area is 227 Å². The first-order chi connectivity index (χ1) is 19.0. The molecule has 4 rings (SSSR count). The molecule has 1 aromatic heterocycles. The van der Waals surface area contributed by atoms with E-state index in [1.54, 1.807) is 4.90 Å². The number of carbonyl (C=O) groups excluding carboxylic acids is 3. The molecule has 0 fully saturated rings. The Kier molecular flexibility index (Phi) is 9.25. The van der Waals surface area contributed by atoms with Crippen LogP contribution in [0.15, 0.2) is 66.4 Å². The van der Waals surface area contributed by atoms with Crippen LogP contribution in [0.5, 0.6) is 0 Å². The van der Waals surface area contributed by atoms with Crippen LogP contribution in [0.1, 0.15) is 42.6 Å². The second kappa shape index (κ2) is 13.0. The molecule has 3 aromatic rings. The van der Waals surface area contributed by atoms with Gasteiger partial charge in [0.1, 0.15) is 12.7 Å². The lowest BCUT2D eigenvalue weighted by atomic mass is 9.83. The van der Waals surface area contributed by atoms with E-state index in [1.807, 2.05) is 55.5 Å². The van der Waals surface area contributed by atoms with Crippen LogP contribution in [0.2, 0.25) is 0 Å². The molecule has 0 bridgehead atoms. The molecule has 0 spiro atoms.